The number of methoxy groups -OCH3 is 1. The third-order valence-corrected chi connectivity index (χ3v) is 10.6. The van der Waals surface area contributed by atoms with Gasteiger partial charge in [-0.3, -0.25) is 4.79 Å². The van der Waals surface area contributed by atoms with Crippen molar-refractivity contribution in [1.29, 1.82) is 0 Å². The Kier molecular flexibility index (Phi) is 10.0. The number of carbonyl (C=O) groups excluding carboxylic acids is 1. The number of nitrogens with zero attached hydrogens (tertiary/aromatic N) is 1. The second-order valence-corrected chi connectivity index (χ2v) is 14.2. The first-order valence-electron chi connectivity index (χ1n) is 10.4. The van der Waals surface area contributed by atoms with E-state index in [4.69, 9.17) is 13.9 Å². The summed E-state index contributed by atoms with van der Waals surface area (Å²) in [4.78, 5) is 14.8. The lowest BCUT2D eigenvalue weighted by Gasteiger charge is -2.42. The molecule has 0 heterocycles. The van der Waals surface area contributed by atoms with Crippen molar-refractivity contribution in [3.63, 3.8) is 0 Å². The van der Waals surface area contributed by atoms with Crippen LogP contribution in [-0.4, -0.2) is 59.1 Å². The Labute approximate surface area is 178 Å². The first kappa shape index (κ1) is 25.8. The van der Waals surface area contributed by atoms with Gasteiger partial charge in [0.2, 0.25) is 0 Å². The number of hydrogen-bond donors (Lipinski definition) is 0. The molecule has 5 nitrogen and oxygen atoms in total. The van der Waals surface area contributed by atoms with E-state index >= 15 is 0 Å². The van der Waals surface area contributed by atoms with Crippen molar-refractivity contribution in [2.75, 3.05) is 27.8 Å². The van der Waals surface area contributed by atoms with E-state index in [1.165, 1.54) is 7.11 Å². The fourth-order valence-corrected chi connectivity index (χ4v) is 4.67. The highest BCUT2D eigenvalue weighted by Gasteiger charge is 2.43. The Morgan fingerprint density at radius 2 is 1.72 bits per heavy atom. The lowest BCUT2D eigenvalue weighted by molar-refractivity contribution is -0.152. The predicted molar refractivity (Wildman–Crippen MR) is 121 cm³/mol. The third-order valence-electron chi connectivity index (χ3n) is 6.01. The van der Waals surface area contributed by atoms with E-state index in [0.29, 0.717) is 13.2 Å². The van der Waals surface area contributed by atoms with Gasteiger partial charge in [0, 0.05) is 12.6 Å². The monoisotopic (exact) mass is 423 g/mol. The van der Waals surface area contributed by atoms with Crippen LogP contribution in [0.4, 0.5) is 0 Å². The summed E-state index contributed by atoms with van der Waals surface area (Å²) in [5.41, 5.74) is 1.15. The Bertz CT molecular complexity index is 613. The largest absolute Gasteiger partial charge is 0.469 e. The third kappa shape index (κ3) is 7.85. The number of carbonyl (C=O) groups is 1. The first-order valence-corrected chi connectivity index (χ1v) is 13.3. The zero-order valence-electron chi connectivity index (χ0n) is 19.8. The molecule has 0 fully saturated rings. The van der Waals surface area contributed by atoms with Gasteiger partial charge < -0.3 is 18.8 Å². The van der Waals surface area contributed by atoms with Crippen LogP contribution in [0.1, 0.15) is 39.7 Å². The molecule has 3 atom stereocenters. The van der Waals surface area contributed by atoms with Gasteiger partial charge in [-0.2, -0.15) is 0 Å². The molecule has 0 radical (unpaired) electrons. The molecule has 6 heteroatoms. The van der Waals surface area contributed by atoms with Gasteiger partial charge in [0.1, 0.15) is 0 Å². The summed E-state index contributed by atoms with van der Waals surface area (Å²) in [5, 5.41) is 0.0777. The van der Waals surface area contributed by atoms with E-state index in [1.807, 2.05) is 39.2 Å². The highest BCUT2D eigenvalue weighted by atomic mass is 28.4. The normalized spacial score (nSPS) is 15.8. The number of hydrogen-bond acceptors (Lipinski definition) is 5. The van der Waals surface area contributed by atoms with Crippen molar-refractivity contribution in [3.8, 4) is 0 Å². The average Bonchev–Trinajstić information content (AvgIpc) is 2.62. The molecule has 0 aliphatic carbocycles. The van der Waals surface area contributed by atoms with E-state index in [0.717, 1.165) is 12.0 Å². The molecule has 0 N–H and O–H groups in total. The van der Waals surface area contributed by atoms with Gasteiger partial charge in [0.05, 0.1) is 25.7 Å². The average molecular weight is 424 g/mol. The van der Waals surface area contributed by atoms with Gasteiger partial charge in [0.25, 0.3) is 0 Å². The molecule has 1 aromatic rings. The Balaban J connectivity index is 2.85. The van der Waals surface area contributed by atoms with Crippen LogP contribution in [0.15, 0.2) is 30.3 Å². The second-order valence-electron chi connectivity index (χ2n) is 9.49. The molecule has 3 unspecified atom stereocenters. The van der Waals surface area contributed by atoms with Crippen molar-refractivity contribution >= 4 is 14.3 Å². The van der Waals surface area contributed by atoms with Gasteiger partial charge in [-0.1, -0.05) is 51.1 Å². The SMILES string of the molecule is COC(=O)C(C(C)O[Si](C)(C)C(C)(C)C)C(CCOCc1ccccc1)N(C)C. The summed E-state index contributed by atoms with van der Waals surface area (Å²) in [5.74, 6) is -0.595. The number of esters is 1. The number of ether oxygens (including phenoxy) is 2. The number of rotatable bonds is 11. The van der Waals surface area contributed by atoms with Crippen molar-refractivity contribution < 1.29 is 18.7 Å². The maximum absolute atomic E-state index is 12.7. The van der Waals surface area contributed by atoms with Crippen molar-refractivity contribution in [2.24, 2.45) is 5.92 Å². The topological polar surface area (TPSA) is 48.0 Å². The molecule has 1 aromatic carbocycles. The second kappa shape index (κ2) is 11.3. The van der Waals surface area contributed by atoms with Crippen LogP contribution in [0.2, 0.25) is 18.1 Å². The number of benzene rings is 1. The minimum atomic E-state index is -2.01. The molecule has 0 aromatic heterocycles. The van der Waals surface area contributed by atoms with Crippen LogP contribution in [0.5, 0.6) is 0 Å². The Morgan fingerprint density at radius 1 is 1.14 bits per heavy atom. The highest BCUT2D eigenvalue weighted by molar-refractivity contribution is 6.74. The molecule has 0 spiro atoms. The fraction of sp³-hybridized carbons (Fsp3) is 0.696. The van der Waals surface area contributed by atoms with Crippen LogP contribution in [-0.2, 0) is 25.3 Å². The molecule has 0 aliphatic heterocycles. The standard InChI is InChI=1S/C23H41NO4Si/c1-18(28-29(8,9)23(2,3)4)21(22(25)26-7)20(24(5)6)15-16-27-17-19-13-11-10-12-14-19/h10-14,18,20-21H,15-17H2,1-9H3. The van der Waals surface area contributed by atoms with Crippen LogP contribution < -0.4 is 0 Å². The summed E-state index contributed by atoms with van der Waals surface area (Å²) in [6.45, 7) is 14.2. The summed E-state index contributed by atoms with van der Waals surface area (Å²) >= 11 is 0. The maximum Gasteiger partial charge on any atom is 0.312 e. The molecule has 29 heavy (non-hydrogen) atoms. The van der Waals surface area contributed by atoms with Crippen LogP contribution in [0.25, 0.3) is 0 Å². The van der Waals surface area contributed by atoms with E-state index in [-0.39, 0.29) is 29.1 Å². The lowest BCUT2D eigenvalue weighted by atomic mass is 9.91. The molecule has 166 valence electrons. The molecule has 0 saturated carbocycles. The van der Waals surface area contributed by atoms with E-state index in [1.54, 1.807) is 0 Å². The molecular weight excluding hydrogens is 382 g/mol. The van der Waals surface area contributed by atoms with Crippen molar-refractivity contribution in [3.05, 3.63) is 35.9 Å². The molecular formula is C23H41NO4Si. The van der Waals surface area contributed by atoms with Gasteiger partial charge >= 0.3 is 5.97 Å². The zero-order valence-corrected chi connectivity index (χ0v) is 20.8. The predicted octanol–water partition coefficient (Wildman–Crippen LogP) is 4.72. The summed E-state index contributed by atoms with van der Waals surface area (Å²) in [7, 11) is 3.44. The van der Waals surface area contributed by atoms with Gasteiger partial charge in [0.15, 0.2) is 8.32 Å². The van der Waals surface area contributed by atoms with Gasteiger partial charge in [-0.25, -0.2) is 0 Å². The van der Waals surface area contributed by atoms with Crippen molar-refractivity contribution in [1.82, 2.24) is 4.90 Å². The Hall–Kier alpha value is -1.21. The van der Waals surface area contributed by atoms with E-state index < -0.39 is 8.32 Å². The van der Waals surface area contributed by atoms with Gasteiger partial charge in [-0.15, -0.1) is 0 Å². The summed E-state index contributed by atoms with van der Waals surface area (Å²) < 4.78 is 17.6. The highest BCUT2D eigenvalue weighted by Crippen LogP contribution is 2.38. The molecule has 0 aliphatic rings. The lowest BCUT2D eigenvalue weighted by Crippen LogP contribution is -2.51. The first-order chi connectivity index (χ1) is 13.4. The Morgan fingerprint density at radius 3 is 2.21 bits per heavy atom. The fourth-order valence-electron chi connectivity index (χ4n) is 3.24. The zero-order chi connectivity index (χ0) is 22.2. The minimum Gasteiger partial charge on any atom is -0.469 e. The van der Waals surface area contributed by atoms with Crippen LogP contribution in [0.3, 0.4) is 0 Å². The maximum atomic E-state index is 12.7. The van der Waals surface area contributed by atoms with Gasteiger partial charge in [-0.05, 0) is 51.1 Å². The molecule has 0 amide bonds. The van der Waals surface area contributed by atoms with Crippen LogP contribution >= 0.6 is 0 Å². The smallest absolute Gasteiger partial charge is 0.312 e. The summed E-state index contributed by atoms with van der Waals surface area (Å²) in [6, 6.07) is 10.1. The van der Waals surface area contributed by atoms with E-state index in [2.05, 4.69) is 50.9 Å². The molecule has 0 bridgehead atoms. The molecule has 1 rings (SSSR count). The van der Waals surface area contributed by atoms with E-state index in [9.17, 15) is 4.79 Å². The minimum absolute atomic E-state index is 0.0296. The summed E-state index contributed by atoms with van der Waals surface area (Å²) in [6.07, 6.45) is 0.495. The van der Waals surface area contributed by atoms with Crippen molar-refractivity contribution in [2.45, 2.75) is 71.0 Å². The quantitative estimate of drug-likeness (QED) is 0.293. The molecule has 0 saturated heterocycles. The van der Waals surface area contributed by atoms with Crippen LogP contribution in [0, 0.1) is 5.92 Å².